The van der Waals surface area contributed by atoms with E-state index in [9.17, 15) is 14.4 Å². The molecule has 0 bridgehead atoms. The predicted octanol–water partition coefficient (Wildman–Crippen LogP) is 0.353. The zero-order chi connectivity index (χ0) is 15.9. The number of aliphatic carboxylic acids is 1. The van der Waals surface area contributed by atoms with Crippen LogP contribution in [0, 0.1) is 0 Å². The molecule has 2 amide bonds. The van der Waals surface area contributed by atoms with Gasteiger partial charge in [0.25, 0.3) is 5.91 Å². The number of carbonyl (C=O) groups excluding carboxylic acids is 2. The first-order valence-electron chi connectivity index (χ1n) is 7.05. The number of hydrogen-bond donors (Lipinski definition) is 2. The van der Waals surface area contributed by atoms with Gasteiger partial charge in [-0.1, -0.05) is 30.3 Å². The third kappa shape index (κ3) is 4.56. The molecule has 0 saturated carbocycles. The highest BCUT2D eigenvalue weighted by atomic mass is 16.7. The predicted molar refractivity (Wildman–Crippen MR) is 76.6 cm³/mol. The van der Waals surface area contributed by atoms with Crippen LogP contribution in [0.5, 0.6) is 0 Å². The number of rotatable bonds is 6. The van der Waals surface area contributed by atoms with E-state index < -0.39 is 17.9 Å². The molecule has 2 rings (SSSR count). The molecule has 1 unspecified atom stereocenters. The minimum atomic E-state index is -1.01. The van der Waals surface area contributed by atoms with E-state index in [0.717, 1.165) is 10.6 Å². The largest absolute Gasteiger partial charge is 0.481 e. The molecular weight excluding hydrogens is 288 g/mol. The Morgan fingerprint density at radius 3 is 2.73 bits per heavy atom. The molecule has 1 heterocycles. The average Bonchev–Trinajstić information content (AvgIpc) is 2.49. The maximum atomic E-state index is 12.1. The number of carboxylic acid groups (broad SMARTS) is 1. The Kier molecular flexibility index (Phi) is 5.48. The monoisotopic (exact) mass is 306 g/mol. The SMILES string of the molecule is O=C(O)CCN1OCCC(NC(=O)Cc2ccccc2)C1=O. The van der Waals surface area contributed by atoms with E-state index in [4.69, 9.17) is 9.94 Å². The van der Waals surface area contributed by atoms with Crippen LogP contribution in [0.15, 0.2) is 30.3 Å². The molecule has 1 saturated heterocycles. The van der Waals surface area contributed by atoms with Crippen molar-refractivity contribution in [2.75, 3.05) is 13.2 Å². The van der Waals surface area contributed by atoms with Crippen molar-refractivity contribution < 1.29 is 24.3 Å². The van der Waals surface area contributed by atoms with Crippen LogP contribution in [-0.2, 0) is 25.6 Å². The summed E-state index contributed by atoms with van der Waals surface area (Å²) in [4.78, 5) is 39.8. The lowest BCUT2D eigenvalue weighted by Crippen LogP contribution is -2.53. The Hall–Kier alpha value is -2.41. The molecular formula is C15H18N2O5. The van der Waals surface area contributed by atoms with Gasteiger partial charge in [-0.05, 0) is 5.56 Å². The van der Waals surface area contributed by atoms with Crippen LogP contribution in [0.2, 0.25) is 0 Å². The van der Waals surface area contributed by atoms with E-state index in [0.29, 0.717) is 6.42 Å². The van der Waals surface area contributed by atoms with Gasteiger partial charge in [-0.3, -0.25) is 19.2 Å². The number of carbonyl (C=O) groups is 3. The van der Waals surface area contributed by atoms with Crippen LogP contribution >= 0.6 is 0 Å². The normalized spacial score (nSPS) is 18.1. The first-order chi connectivity index (χ1) is 10.6. The Morgan fingerprint density at radius 2 is 2.05 bits per heavy atom. The van der Waals surface area contributed by atoms with Crippen LogP contribution < -0.4 is 5.32 Å². The first-order valence-corrected chi connectivity index (χ1v) is 7.05. The van der Waals surface area contributed by atoms with Gasteiger partial charge >= 0.3 is 5.97 Å². The molecule has 0 spiro atoms. The third-order valence-electron chi connectivity index (χ3n) is 3.27. The van der Waals surface area contributed by atoms with Crippen molar-refractivity contribution in [1.29, 1.82) is 0 Å². The summed E-state index contributed by atoms with van der Waals surface area (Å²) in [7, 11) is 0. The van der Waals surface area contributed by atoms with Crippen molar-refractivity contribution >= 4 is 17.8 Å². The smallest absolute Gasteiger partial charge is 0.305 e. The minimum Gasteiger partial charge on any atom is -0.481 e. The highest BCUT2D eigenvalue weighted by Gasteiger charge is 2.31. The van der Waals surface area contributed by atoms with Gasteiger partial charge in [0.2, 0.25) is 5.91 Å². The second-order valence-corrected chi connectivity index (χ2v) is 4.99. The molecule has 1 aromatic rings. The van der Waals surface area contributed by atoms with Gasteiger partial charge < -0.3 is 10.4 Å². The van der Waals surface area contributed by atoms with E-state index in [1.165, 1.54) is 0 Å². The van der Waals surface area contributed by atoms with Gasteiger partial charge in [0.05, 0.1) is 26.0 Å². The van der Waals surface area contributed by atoms with Gasteiger partial charge in [-0.15, -0.1) is 0 Å². The Labute approximate surface area is 127 Å². The van der Waals surface area contributed by atoms with Gasteiger partial charge in [-0.2, -0.15) is 0 Å². The van der Waals surface area contributed by atoms with E-state index in [1.54, 1.807) is 0 Å². The van der Waals surface area contributed by atoms with Crippen molar-refractivity contribution in [3.8, 4) is 0 Å². The van der Waals surface area contributed by atoms with Crippen molar-refractivity contribution in [3.63, 3.8) is 0 Å². The Balaban J connectivity index is 1.87. The summed E-state index contributed by atoms with van der Waals surface area (Å²) in [6, 6.07) is 8.56. The fourth-order valence-corrected chi connectivity index (χ4v) is 2.17. The fourth-order valence-electron chi connectivity index (χ4n) is 2.17. The quantitative estimate of drug-likeness (QED) is 0.791. The lowest BCUT2D eigenvalue weighted by atomic mass is 10.1. The minimum absolute atomic E-state index is 0.0285. The molecule has 1 fully saturated rings. The molecule has 0 aliphatic carbocycles. The number of benzene rings is 1. The lowest BCUT2D eigenvalue weighted by molar-refractivity contribution is -0.203. The molecule has 7 heteroatoms. The van der Waals surface area contributed by atoms with Crippen molar-refractivity contribution in [2.24, 2.45) is 0 Å². The highest BCUT2D eigenvalue weighted by molar-refractivity contribution is 5.88. The maximum Gasteiger partial charge on any atom is 0.305 e. The molecule has 1 atom stereocenters. The highest BCUT2D eigenvalue weighted by Crippen LogP contribution is 2.10. The van der Waals surface area contributed by atoms with E-state index in [-0.39, 0.29) is 31.9 Å². The molecule has 0 radical (unpaired) electrons. The van der Waals surface area contributed by atoms with Crippen molar-refractivity contribution in [3.05, 3.63) is 35.9 Å². The zero-order valence-electron chi connectivity index (χ0n) is 12.0. The molecule has 1 aromatic carbocycles. The van der Waals surface area contributed by atoms with Crippen LogP contribution in [0.25, 0.3) is 0 Å². The average molecular weight is 306 g/mol. The summed E-state index contributed by atoms with van der Waals surface area (Å²) in [6.07, 6.45) is 0.375. The Morgan fingerprint density at radius 1 is 1.32 bits per heavy atom. The van der Waals surface area contributed by atoms with Gasteiger partial charge in [0, 0.05) is 6.42 Å². The number of hydroxylamine groups is 2. The number of hydrogen-bond acceptors (Lipinski definition) is 4. The third-order valence-corrected chi connectivity index (χ3v) is 3.27. The maximum absolute atomic E-state index is 12.1. The van der Waals surface area contributed by atoms with Crippen LogP contribution in [-0.4, -0.2) is 47.1 Å². The topological polar surface area (TPSA) is 95.9 Å². The number of nitrogens with one attached hydrogen (secondary N) is 1. The van der Waals surface area contributed by atoms with Crippen LogP contribution in [0.4, 0.5) is 0 Å². The fraction of sp³-hybridized carbons (Fsp3) is 0.400. The summed E-state index contributed by atoms with van der Waals surface area (Å²) in [5.41, 5.74) is 0.863. The molecule has 118 valence electrons. The number of nitrogens with zero attached hydrogens (tertiary/aromatic N) is 1. The van der Waals surface area contributed by atoms with Gasteiger partial charge in [-0.25, -0.2) is 5.06 Å². The van der Waals surface area contributed by atoms with Gasteiger partial charge in [0.1, 0.15) is 6.04 Å². The second-order valence-electron chi connectivity index (χ2n) is 4.99. The summed E-state index contributed by atoms with van der Waals surface area (Å²) >= 11 is 0. The zero-order valence-corrected chi connectivity index (χ0v) is 12.0. The summed E-state index contributed by atoms with van der Waals surface area (Å²) in [6.45, 7) is 0.237. The lowest BCUT2D eigenvalue weighted by Gasteiger charge is -2.31. The molecule has 22 heavy (non-hydrogen) atoms. The second kappa shape index (κ2) is 7.56. The van der Waals surface area contributed by atoms with E-state index in [2.05, 4.69) is 5.32 Å². The van der Waals surface area contributed by atoms with Gasteiger partial charge in [0.15, 0.2) is 0 Å². The summed E-state index contributed by atoms with van der Waals surface area (Å²) < 4.78 is 0. The van der Waals surface area contributed by atoms with E-state index >= 15 is 0 Å². The summed E-state index contributed by atoms with van der Waals surface area (Å²) in [5, 5.41) is 12.3. The van der Waals surface area contributed by atoms with Crippen molar-refractivity contribution in [2.45, 2.75) is 25.3 Å². The van der Waals surface area contributed by atoms with E-state index in [1.807, 2.05) is 30.3 Å². The van der Waals surface area contributed by atoms with Crippen LogP contribution in [0.1, 0.15) is 18.4 Å². The Bertz CT molecular complexity index is 546. The van der Waals surface area contributed by atoms with Crippen molar-refractivity contribution in [1.82, 2.24) is 10.4 Å². The molecule has 1 aliphatic heterocycles. The number of carboxylic acids is 1. The number of amides is 2. The molecule has 7 nitrogen and oxygen atoms in total. The molecule has 1 aliphatic rings. The standard InChI is InChI=1S/C15H18N2O5/c18-13(10-11-4-2-1-3-5-11)16-12-7-9-22-17(15(12)21)8-6-14(19)20/h1-5,12H,6-10H2,(H,16,18)(H,19,20). The first kappa shape index (κ1) is 16.0. The van der Waals surface area contributed by atoms with Crippen LogP contribution in [0.3, 0.4) is 0 Å². The molecule has 2 N–H and O–H groups in total. The molecule has 0 aromatic heterocycles. The summed E-state index contributed by atoms with van der Waals surface area (Å²) in [5.74, 6) is -1.66.